The van der Waals surface area contributed by atoms with Gasteiger partial charge in [-0.15, -0.1) is 0 Å². The number of nitrogens with one attached hydrogen (secondary N) is 1. The summed E-state index contributed by atoms with van der Waals surface area (Å²) in [6.45, 7) is 3.18. The van der Waals surface area contributed by atoms with Crippen LogP contribution in [0.25, 0.3) is 0 Å². The van der Waals surface area contributed by atoms with E-state index in [2.05, 4.69) is 22.1 Å². The normalized spacial score (nSPS) is 17.9. The summed E-state index contributed by atoms with van der Waals surface area (Å²) in [5, 5.41) is 7.04. The summed E-state index contributed by atoms with van der Waals surface area (Å²) in [5.41, 5.74) is 1.40. The van der Waals surface area contributed by atoms with E-state index in [-0.39, 0.29) is 17.6 Å². The number of Topliss-reactive ketones (excluding diaryl/α,β-unsaturated/α-hetero) is 1. The van der Waals surface area contributed by atoms with Gasteiger partial charge in [-0.1, -0.05) is 13.3 Å². The summed E-state index contributed by atoms with van der Waals surface area (Å²) in [6, 6.07) is 1.82. The quantitative estimate of drug-likeness (QED) is 0.848. The van der Waals surface area contributed by atoms with Gasteiger partial charge in [0, 0.05) is 44.1 Å². The lowest BCUT2D eigenvalue weighted by Gasteiger charge is -2.31. The van der Waals surface area contributed by atoms with Crippen molar-refractivity contribution in [3.63, 3.8) is 0 Å². The van der Waals surface area contributed by atoms with E-state index in [0.717, 1.165) is 31.4 Å². The highest BCUT2D eigenvalue weighted by Gasteiger charge is 2.31. The molecular weight excluding hydrogens is 306 g/mol. The molecule has 7 nitrogen and oxygen atoms in total. The minimum absolute atomic E-state index is 0.00806. The molecule has 0 aliphatic carbocycles. The number of carbonyl (C=O) groups excluding carboxylic acids is 2. The van der Waals surface area contributed by atoms with Gasteiger partial charge in [0.15, 0.2) is 5.82 Å². The number of nitrogens with zero attached hydrogens (tertiary/aromatic N) is 4. The van der Waals surface area contributed by atoms with Crippen molar-refractivity contribution in [2.24, 2.45) is 13.0 Å². The van der Waals surface area contributed by atoms with Gasteiger partial charge in [0.1, 0.15) is 5.69 Å². The number of imidazole rings is 1. The lowest BCUT2D eigenvalue weighted by molar-refractivity contribution is 0.0628. The van der Waals surface area contributed by atoms with Gasteiger partial charge < -0.3 is 9.47 Å². The van der Waals surface area contributed by atoms with Gasteiger partial charge in [-0.25, -0.2) is 4.98 Å². The fourth-order valence-corrected chi connectivity index (χ4v) is 3.19. The fraction of sp³-hybridized carbons (Fsp3) is 0.529. The zero-order valence-corrected chi connectivity index (χ0v) is 14.2. The summed E-state index contributed by atoms with van der Waals surface area (Å²) in [5.74, 6) is 0.164. The number of aromatic nitrogens is 4. The number of ketones is 1. The molecule has 3 heterocycles. The van der Waals surface area contributed by atoms with Crippen molar-refractivity contribution < 1.29 is 9.59 Å². The highest BCUT2D eigenvalue weighted by atomic mass is 16.2. The van der Waals surface area contributed by atoms with Crippen LogP contribution in [-0.4, -0.2) is 49.4 Å². The van der Waals surface area contributed by atoms with Gasteiger partial charge in [0.25, 0.3) is 5.91 Å². The molecule has 0 bridgehead atoms. The average Bonchev–Trinajstić information content (AvgIpc) is 3.23. The standard InChI is InChI=1S/C17H23N5O2/c1-3-5-13-10-14(20-19-13)17(24)22-8-4-6-12(11-22)15(23)16-18-7-9-21(16)2/h7,9-10,12H,3-6,8,11H2,1-2H3,(H,19,20). The molecule has 7 heteroatoms. The summed E-state index contributed by atoms with van der Waals surface area (Å²) >= 11 is 0. The first-order chi connectivity index (χ1) is 11.6. The molecule has 1 saturated heterocycles. The van der Waals surface area contributed by atoms with E-state index in [1.54, 1.807) is 21.9 Å². The third-order valence-electron chi connectivity index (χ3n) is 4.49. The van der Waals surface area contributed by atoms with Crippen molar-refractivity contribution >= 4 is 11.7 Å². The fourth-order valence-electron chi connectivity index (χ4n) is 3.19. The van der Waals surface area contributed by atoms with E-state index in [9.17, 15) is 9.59 Å². The second-order valence-corrected chi connectivity index (χ2v) is 6.34. The Morgan fingerprint density at radius 2 is 2.25 bits per heavy atom. The van der Waals surface area contributed by atoms with Gasteiger partial charge in [0.05, 0.1) is 0 Å². The zero-order valence-electron chi connectivity index (χ0n) is 14.2. The third-order valence-corrected chi connectivity index (χ3v) is 4.49. The van der Waals surface area contributed by atoms with Crippen LogP contribution in [0.15, 0.2) is 18.5 Å². The number of amides is 1. The van der Waals surface area contributed by atoms with Crippen LogP contribution in [0.3, 0.4) is 0 Å². The molecule has 24 heavy (non-hydrogen) atoms. The van der Waals surface area contributed by atoms with E-state index in [1.807, 2.05) is 13.1 Å². The molecule has 1 atom stereocenters. The average molecular weight is 329 g/mol. The van der Waals surface area contributed by atoms with Crippen LogP contribution in [0.2, 0.25) is 0 Å². The molecule has 3 rings (SSSR count). The van der Waals surface area contributed by atoms with Gasteiger partial charge in [-0.2, -0.15) is 5.10 Å². The zero-order chi connectivity index (χ0) is 17.1. The Bertz CT molecular complexity index is 733. The minimum Gasteiger partial charge on any atom is -0.337 e. The number of hydrogen-bond acceptors (Lipinski definition) is 4. The molecule has 0 aromatic carbocycles. The molecule has 0 radical (unpaired) electrons. The number of piperidine rings is 1. The molecule has 1 aliphatic heterocycles. The molecule has 2 aromatic rings. The van der Waals surface area contributed by atoms with Gasteiger partial charge >= 0.3 is 0 Å². The summed E-state index contributed by atoms with van der Waals surface area (Å²) in [6.07, 6.45) is 6.87. The molecule has 2 aromatic heterocycles. The molecule has 1 aliphatic rings. The first-order valence-corrected chi connectivity index (χ1v) is 8.45. The van der Waals surface area contributed by atoms with E-state index in [0.29, 0.717) is 24.6 Å². The van der Waals surface area contributed by atoms with Gasteiger partial charge in [-0.3, -0.25) is 14.7 Å². The minimum atomic E-state index is -0.196. The maximum absolute atomic E-state index is 12.7. The molecule has 1 amide bonds. The Morgan fingerprint density at radius 1 is 1.42 bits per heavy atom. The first-order valence-electron chi connectivity index (χ1n) is 8.45. The predicted octanol–water partition coefficient (Wildman–Crippen LogP) is 1.83. The predicted molar refractivity (Wildman–Crippen MR) is 88.7 cm³/mol. The van der Waals surface area contributed by atoms with Crippen molar-refractivity contribution in [1.29, 1.82) is 0 Å². The summed E-state index contributed by atoms with van der Waals surface area (Å²) in [7, 11) is 1.81. The number of hydrogen-bond donors (Lipinski definition) is 1. The van der Waals surface area contributed by atoms with Crippen LogP contribution in [0, 0.1) is 5.92 Å². The maximum Gasteiger partial charge on any atom is 0.274 e. The van der Waals surface area contributed by atoms with Gasteiger partial charge in [0.2, 0.25) is 5.78 Å². The number of carbonyl (C=O) groups is 2. The number of aryl methyl sites for hydroxylation is 2. The topological polar surface area (TPSA) is 83.9 Å². The lowest BCUT2D eigenvalue weighted by atomic mass is 9.93. The Morgan fingerprint density at radius 3 is 2.96 bits per heavy atom. The second-order valence-electron chi connectivity index (χ2n) is 6.34. The molecule has 0 saturated carbocycles. The maximum atomic E-state index is 12.7. The molecule has 1 fully saturated rings. The number of aromatic amines is 1. The van der Waals surface area contributed by atoms with Crippen molar-refractivity contribution in [3.05, 3.63) is 35.7 Å². The highest BCUT2D eigenvalue weighted by Crippen LogP contribution is 2.21. The molecule has 0 spiro atoms. The lowest BCUT2D eigenvalue weighted by Crippen LogP contribution is -2.42. The van der Waals surface area contributed by atoms with Crippen LogP contribution in [0.1, 0.15) is 53.0 Å². The summed E-state index contributed by atoms with van der Waals surface area (Å²) < 4.78 is 1.73. The van der Waals surface area contributed by atoms with Crippen LogP contribution >= 0.6 is 0 Å². The summed E-state index contributed by atoms with van der Waals surface area (Å²) in [4.78, 5) is 31.2. The Labute approximate surface area is 141 Å². The van der Waals surface area contributed by atoms with Crippen molar-refractivity contribution in [3.8, 4) is 0 Å². The van der Waals surface area contributed by atoms with Crippen molar-refractivity contribution in [2.75, 3.05) is 13.1 Å². The van der Waals surface area contributed by atoms with Crippen molar-refractivity contribution in [2.45, 2.75) is 32.6 Å². The Hall–Kier alpha value is -2.44. The van der Waals surface area contributed by atoms with E-state index in [1.165, 1.54) is 0 Å². The molecule has 1 N–H and O–H groups in total. The first kappa shape index (κ1) is 16.4. The third kappa shape index (κ3) is 3.25. The Balaban J connectivity index is 1.69. The van der Waals surface area contributed by atoms with E-state index >= 15 is 0 Å². The number of H-pyrrole nitrogens is 1. The van der Waals surface area contributed by atoms with Crippen molar-refractivity contribution in [1.82, 2.24) is 24.6 Å². The highest BCUT2D eigenvalue weighted by molar-refractivity contribution is 5.96. The van der Waals surface area contributed by atoms with Crippen LogP contribution in [0.5, 0.6) is 0 Å². The molecular formula is C17H23N5O2. The second kappa shape index (κ2) is 6.98. The monoisotopic (exact) mass is 329 g/mol. The van der Waals surface area contributed by atoms with E-state index in [4.69, 9.17) is 0 Å². The Kier molecular flexibility index (Phi) is 4.78. The van der Waals surface area contributed by atoms with Crippen LogP contribution < -0.4 is 0 Å². The SMILES string of the molecule is CCCc1cc(C(=O)N2CCCC(C(=O)c3nccn3C)C2)n[nH]1. The van der Waals surface area contributed by atoms with E-state index < -0.39 is 0 Å². The molecule has 1 unspecified atom stereocenters. The smallest absolute Gasteiger partial charge is 0.274 e. The molecule has 128 valence electrons. The largest absolute Gasteiger partial charge is 0.337 e. The number of likely N-dealkylation sites (tertiary alicyclic amines) is 1. The number of rotatable bonds is 5. The van der Waals surface area contributed by atoms with Gasteiger partial charge in [-0.05, 0) is 25.3 Å². The van der Waals surface area contributed by atoms with Crippen LogP contribution in [0.4, 0.5) is 0 Å². The van der Waals surface area contributed by atoms with Crippen LogP contribution in [-0.2, 0) is 13.5 Å².